The number of rotatable bonds is 28. The average Bonchev–Trinajstić information content (AvgIpc) is 2.90. The van der Waals surface area contributed by atoms with Gasteiger partial charge in [-0.1, -0.05) is 168 Å². The Balaban J connectivity index is 1.75. The molecule has 0 N–H and O–H groups in total. The monoisotopic (exact) mass is 507 g/mol. The van der Waals surface area contributed by atoms with Crippen LogP contribution in [0.3, 0.4) is 0 Å². The SMILES string of the molecule is CCCCCCCCCCCCCCCCCCN1CCN(CCCCCCCCCCCC)CC1. The summed E-state index contributed by atoms with van der Waals surface area (Å²) in [5.41, 5.74) is 0. The minimum absolute atomic E-state index is 1.32. The van der Waals surface area contributed by atoms with Crippen LogP contribution in [0.1, 0.15) is 181 Å². The standard InChI is InChI=1S/C34H70N2/c1-3-5-7-9-11-13-15-16-17-18-19-20-22-24-26-28-30-36-33-31-35(32-34-36)29-27-25-23-21-14-12-10-8-6-4-2/h3-34H2,1-2H3. The van der Waals surface area contributed by atoms with Crippen LogP contribution in [0.5, 0.6) is 0 Å². The molecule has 1 saturated heterocycles. The molecule has 2 nitrogen and oxygen atoms in total. The van der Waals surface area contributed by atoms with Crippen LogP contribution in [0.4, 0.5) is 0 Å². The second-order valence-corrected chi connectivity index (χ2v) is 12.2. The molecule has 2 heteroatoms. The van der Waals surface area contributed by atoms with Crippen LogP contribution in [-0.4, -0.2) is 49.1 Å². The summed E-state index contributed by atoms with van der Waals surface area (Å²) in [6, 6.07) is 0. The largest absolute Gasteiger partial charge is 0.301 e. The zero-order valence-electron chi connectivity index (χ0n) is 25.5. The maximum absolute atomic E-state index is 2.73. The summed E-state index contributed by atoms with van der Waals surface area (Å²) >= 11 is 0. The van der Waals surface area contributed by atoms with Gasteiger partial charge in [0, 0.05) is 26.2 Å². The Morgan fingerprint density at radius 3 is 0.694 bits per heavy atom. The van der Waals surface area contributed by atoms with E-state index in [0.29, 0.717) is 0 Å². The molecule has 1 heterocycles. The van der Waals surface area contributed by atoms with Crippen molar-refractivity contribution in [1.82, 2.24) is 9.80 Å². The van der Waals surface area contributed by atoms with Crippen LogP contribution in [0, 0.1) is 0 Å². The van der Waals surface area contributed by atoms with E-state index in [1.54, 1.807) is 0 Å². The van der Waals surface area contributed by atoms with Gasteiger partial charge in [0.15, 0.2) is 0 Å². The lowest BCUT2D eigenvalue weighted by Gasteiger charge is -2.34. The molecule has 0 bridgehead atoms. The van der Waals surface area contributed by atoms with E-state index in [-0.39, 0.29) is 0 Å². The first-order valence-electron chi connectivity index (χ1n) is 17.3. The Morgan fingerprint density at radius 2 is 0.472 bits per heavy atom. The lowest BCUT2D eigenvalue weighted by Crippen LogP contribution is -2.46. The molecule has 216 valence electrons. The molecule has 0 aromatic rings. The van der Waals surface area contributed by atoms with Crippen LogP contribution in [-0.2, 0) is 0 Å². The number of piperazine rings is 1. The van der Waals surface area contributed by atoms with Crippen molar-refractivity contribution in [2.24, 2.45) is 0 Å². The minimum Gasteiger partial charge on any atom is -0.301 e. The topological polar surface area (TPSA) is 6.48 Å². The summed E-state index contributed by atoms with van der Waals surface area (Å²) in [5.74, 6) is 0. The molecule has 0 spiro atoms. The van der Waals surface area contributed by atoms with Crippen molar-refractivity contribution in [2.75, 3.05) is 39.3 Å². The van der Waals surface area contributed by atoms with Gasteiger partial charge in [0.25, 0.3) is 0 Å². The van der Waals surface area contributed by atoms with Gasteiger partial charge in [0.2, 0.25) is 0 Å². The van der Waals surface area contributed by atoms with E-state index >= 15 is 0 Å². The Hall–Kier alpha value is -0.0800. The van der Waals surface area contributed by atoms with E-state index in [1.807, 2.05) is 0 Å². The third-order valence-electron chi connectivity index (χ3n) is 8.62. The second-order valence-electron chi connectivity index (χ2n) is 12.2. The molecule has 0 unspecified atom stereocenters. The van der Waals surface area contributed by atoms with Crippen molar-refractivity contribution in [2.45, 2.75) is 181 Å². The van der Waals surface area contributed by atoms with E-state index in [1.165, 1.54) is 206 Å². The van der Waals surface area contributed by atoms with Crippen molar-refractivity contribution in [3.05, 3.63) is 0 Å². The van der Waals surface area contributed by atoms with E-state index in [9.17, 15) is 0 Å². The molecule has 0 atom stereocenters. The van der Waals surface area contributed by atoms with Crippen LogP contribution in [0.2, 0.25) is 0 Å². The average molecular weight is 507 g/mol. The van der Waals surface area contributed by atoms with Crippen LogP contribution < -0.4 is 0 Å². The summed E-state index contributed by atoms with van der Waals surface area (Å²) in [7, 11) is 0. The molecule has 36 heavy (non-hydrogen) atoms. The molecule has 0 saturated carbocycles. The van der Waals surface area contributed by atoms with E-state index in [2.05, 4.69) is 23.6 Å². The van der Waals surface area contributed by atoms with E-state index in [4.69, 9.17) is 0 Å². The summed E-state index contributed by atoms with van der Waals surface area (Å²) in [5, 5.41) is 0. The maximum Gasteiger partial charge on any atom is 0.0110 e. The predicted octanol–water partition coefficient (Wildman–Crippen LogP) is 10.8. The van der Waals surface area contributed by atoms with Gasteiger partial charge in [-0.3, -0.25) is 0 Å². The second kappa shape index (κ2) is 27.9. The Morgan fingerprint density at radius 1 is 0.278 bits per heavy atom. The third-order valence-corrected chi connectivity index (χ3v) is 8.62. The van der Waals surface area contributed by atoms with Gasteiger partial charge >= 0.3 is 0 Å². The minimum atomic E-state index is 1.32. The fraction of sp³-hybridized carbons (Fsp3) is 1.00. The highest BCUT2D eigenvalue weighted by Gasteiger charge is 2.15. The highest BCUT2D eigenvalue weighted by atomic mass is 15.3. The van der Waals surface area contributed by atoms with Gasteiger partial charge in [-0.25, -0.2) is 0 Å². The molecular weight excluding hydrogens is 436 g/mol. The van der Waals surface area contributed by atoms with Crippen LogP contribution in [0.15, 0.2) is 0 Å². The Labute approximate surface area is 229 Å². The molecule has 0 radical (unpaired) electrons. The van der Waals surface area contributed by atoms with Gasteiger partial charge in [0.1, 0.15) is 0 Å². The number of unbranched alkanes of at least 4 members (excludes halogenated alkanes) is 24. The normalized spacial score (nSPS) is 15.2. The highest BCUT2D eigenvalue weighted by molar-refractivity contribution is 4.72. The maximum atomic E-state index is 2.73. The smallest absolute Gasteiger partial charge is 0.0110 e. The van der Waals surface area contributed by atoms with Gasteiger partial charge in [-0.05, 0) is 25.9 Å². The molecule has 1 aliphatic rings. The van der Waals surface area contributed by atoms with E-state index in [0.717, 1.165) is 0 Å². The first-order valence-corrected chi connectivity index (χ1v) is 17.3. The zero-order chi connectivity index (χ0) is 25.8. The zero-order valence-corrected chi connectivity index (χ0v) is 25.5. The quantitative estimate of drug-likeness (QED) is 0.0973. The molecule has 0 aromatic carbocycles. The Bertz CT molecular complexity index is 402. The summed E-state index contributed by atoms with van der Waals surface area (Å²) in [6.45, 7) is 12.6. The molecule has 1 rings (SSSR count). The van der Waals surface area contributed by atoms with Crippen molar-refractivity contribution in [3.8, 4) is 0 Å². The molecule has 0 aromatic heterocycles. The lowest BCUT2D eigenvalue weighted by molar-refractivity contribution is 0.129. The first kappa shape index (κ1) is 33.9. The number of hydrogen-bond acceptors (Lipinski definition) is 2. The van der Waals surface area contributed by atoms with Crippen molar-refractivity contribution < 1.29 is 0 Å². The summed E-state index contributed by atoms with van der Waals surface area (Å²) in [4.78, 5) is 5.47. The van der Waals surface area contributed by atoms with Gasteiger partial charge in [-0.15, -0.1) is 0 Å². The lowest BCUT2D eigenvalue weighted by atomic mass is 10.0. The van der Waals surface area contributed by atoms with Crippen molar-refractivity contribution in [1.29, 1.82) is 0 Å². The number of hydrogen-bond donors (Lipinski definition) is 0. The number of nitrogens with zero attached hydrogens (tertiary/aromatic N) is 2. The molecule has 1 fully saturated rings. The first-order chi connectivity index (χ1) is 17.9. The van der Waals surface area contributed by atoms with Gasteiger partial charge in [-0.2, -0.15) is 0 Å². The van der Waals surface area contributed by atoms with Crippen molar-refractivity contribution in [3.63, 3.8) is 0 Å². The van der Waals surface area contributed by atoms with Gasteiger partial charge < -0.3 is 9.80 Å². The van der Waals surface area contributed by atoms with Crippen LogP contribution >= 0.6 is 0 Å². The van der Waals surface area contributed by atoms with E-state index < -0.39 is 0 Å². The molecule has 0 amide bonds. The fourth-order valence-electron chi connectivity index (χ4n) is 5.94. The third kappa shape index (κ3) is 23.1. The van der Waals surface area contributed by atoms with Crippen LogP contribution in [0.25, 0.3) is 0 Å². The highest BCUT2D eigenvalue weighted by Crippen LogP contribution is 2.15. The summed E-state index contributed by atoms with van der Waals surface area (Å²) in [6.07, 6.45) is 38.0. The predicted molar refractivity (Wildman–Crippen MR) is 164 cm³/mol. The molecular formula is C34H70N2. The van der Waals surface area contributed by atoms with Crippen molar-refractivity contribution >= 4 is 0 Å². The summed E-state index contributed by atoms with van der Waals surface area (Å²) < 4.78 is 0. The fourth-order valence-corrected chi connectivity index (χ4v) is 5.94. The Kier molecular flexibility index (Phi) is 26.3. The molecule has 1 aliphatic heterocycles. The van der Waals surface area contributed by atoms with Gasteiger partial charge in [0.05, 0.1) is 0 Å². The molecule has 0 aliphatic carbocycles.